The smallest absolute Gasteiger partial charge is 0.257 e. The Hall–Kier alpha value is -2.15. The molecule has 0 aliphatic carbocycles. The van der Waals surface area contributed by atoms with E-state index in [4.69, 9.17) is 17.0 Å². The van der Waals surface area contributed by atoms with Gasteiger partial charge in [0.2, 0.25) is 5.91 Å². The van der Waals surface area contributed by atoms with Crippen molar-refractivity contribution in [1.29, 1.82) is 0 Å². The van der Waals surface area contributed by atoms with Gasteiger partial charge in [-0.2, -0.15) is 0 Å². The Morgan fingerprint density at radius 3 is 2.65 bits per heavy atom. The van der Waals surface area contributed by atoms with Crippen molar-refractivity contribution in [3.05, 3.63) is 24.3 Å². The first-order valence-electron chi connectivity index (χ1n) is 7.76. The lowest BCUT2D eigenvalue weighted by molar-refractivity contribution is -0.122. The third kappa shape index (κ3) is 3.01. The molecule has 0 spiro atoms. The zero-order chi connectivity index (χ0) is 16.4. The molecular weight excluding hydrogens is 314 g/mol. The van der Waals surface area contributed by atoms with Gasteiger partial charge in [0.1, 0.15) is 11.8 Å². The first kappa shape index (κ1) is 15.7. The SMILES string of the molecule is CCCOc1ccc(N2C(=O)C[C@@H](N3CCNC3=S)C2=O)cc1. The van der Waals surface area contributed by atoms with Crippen molar-refractivity contribution in [2.75, 3.05) is 24.6 Å². The number of ether oxygens (including phenoxy) is 1. The summed E-state index contributed by atoms with van der Waals surface area (Å²) in [6.07, 6.45) is 1.09. The summed E-state index contributed by atoms with van der Waals surface area (Å²) in [5.41, 5.74) is 0.574. The number of thiocarbonyl (C=S) groups is 1. The van der Waals surface area contributed by atoms with E-state index in [9.17, 15) is 9.59 Å². The second-order valence-electron chi connectivity index (χ2n) is 5.55. The van der Waals surface area contributed by atoms with Crippen LogP contribution < -0.4 is 15.0 Å². The zero-order valence-corrected chi connectivity index (χ0v) is 13.8. The average molecular weight is 333 g/mol. The number of hydrogen-bond acceptors (Lipinski definition) is 4. The quantitative estimate of drug-likeness (QED) is 0.647. The van der Waals surface area contributed by atoms with Crippen LogP contribution in [0.2, 0.25) is 0 Å². The minimum atomic E-state index is -0.499. The number of nitrogens with one attached hydrogen (secondary N) is 1. The van der Waals surface area contributed by atoms with Gasteiger partial charge in [0.25, 0.3) is 5.91 Å². The highest BCUT2D eigenvalue weighted by Gasteiger charge is 2.44. The van der Waals surface area contributed by atoms with E-state index in [2.05, 4.69) is 5.32 Å². The van der Waals surface area contributed by atoms with Crippen molar-refractivity contribution < 1.29 is 14.3 Å². The van der Waals surface area contributed by atoms with Gasteiger partial charge in [-0.05, 0) is 42.9 Å². The maximum atomic E-state index is 12.7. The number of carbonyl (C=O) groups is 2. The summed E-state index contributed by atoms with van der Waals surface area (Å²) in [6, 6.07) is 6.54. The van der Waals surface area contributed by atoms with Crippen molar-refractivity contribution in [2.24, 2.45) is 0 Å². The number of rotatable bonds is 5. The minimum Gasteiger partial charge on any atom is -0.494 e. The molecule has 2 fully saturated rings. The van der Waals surface area contributed by atoms with E-state index in [0.29, 0.717) is 30.5 Å². The van der Waals surface area contributed by atoms with Crippen molar-refractivity contribution in [3.63, 3.8) is 0 Å². The summed E-state index contributed by atoms with van der Waals surface area (Å²) < 4.78 is 5.52. The molecule has 3 rings (SSSR count). The Morgan fingerprint density at radius 1 is 1.30 bits per heavy atom. The molecule has 6 nitrogen and oxygen atoms in total. The third-order valence-corrected chi connectivity index (χ3v) is 4.34. The van der Waals surface area contributed by atoms with E-state index >= 15 is 0 Å². The molecule has 2 aliphatic rings. The van der Waals surface area contributed by atoms with Crippen LogP contribution in [0.25, 0.3) is 0 Å². The molecule has 0 unspecified atom stereocenters. The summed E-state index contributed by atoms with van der Waals surface area (Å²) in [5.74, 6) is 0.316. The minimum absolute atomic E-state index is 0.161. The second-order valence-corrected chi connectivity index (χ2v) is 5.94. The van der Waals surface area contributed by atoms with Crippen molar-refractivity contribution in [1.82, 2.24) is 10.2 Å². The molecule has 0 radical (unpaired) electrons. The molecule has 7 heteroatoms. The molecule has 2 aliphatic heterocycles. The highest BCUT2D eigenvalue weighted by Crippen LogP contribution is 2.28. The highest BCUT2D eigenvalue weighted by molar-refractivity contribution is 7.80. The van der Waals surface area contributed by atoms with Gasteiger partial charge >= 0.3 is 0 Å². The van der Waals surface area contributed by atoms with E-state index in [0.717, 1.165) is 12.2 Å². The fraction of sp³-hybridized carbons (Fsp3) is 0.438. The lowest BCUT2D eigenvalue weighted by Gasteiger charge is -2.23. The largest absolute Gasteiger partial charge is 0.494 e. The van der Waals surface area contributed by atoms with Crippen LogP contribution in [-0.2, 0) is 9.59 Å². The van der Waals surface area contributed by atoms with Gasteiger partial charge in [-0.15, -0.1) is 0 Å². The number of benzene rings is 1. The Bertz CT molecular complexity index is 632. The number of carbonyl (C=O) groups excluding carboxylic acids is 2. The Kier molecular flexibility index (Phi) is 4.47. The summed E-state index contributed by atoms with van der Waals surface area (Å²) >= 11 is 5.20. The number of anilines is 1. The Labute approximate surface area is 140 Å². The number of nitrogens with zero attached hydrogens (tertiary/aromatic N) is 2. The molecule has 1 aromatic rings. The average Bonchev–Trinajstić information content (AvgIpc) is 3.09. The van der Waals surface area contributed by atoms with Crippen LogP contribution in [-0.4, -0.2) is 47.6 Å². The fourth-order valence-corrected chi connectivity index (χ4v) is 3.15. The normalized spacial score (nSPS) is 21.1. The second kappa shape index (κ2) is 6.54. The lowest BCUT2D eigenvalue weighted by atomic mass is 10.2. The Balaban J connectivity index is 1.76. The number of hydrogen-bond donors (Lipinski definition) is 1. The standard InChI is InChI=1S/C16H19N3O3S/c1-2-9-22-12-5-3-11(4-6-12)19-14(20)10-13(15(19)21)18-8-7-17-16(18)23/h3-6,13H,2,7-10H2,1H3,(H,17,23)/t13-/m1/s1. The van der Waals surface area contributed by atoms with Gasteiger partial charge in [0, 0.05) is 13.1 Å². The Morgan fingerprint density at radius 2 is 2.04 bits per heavy atom. The zero-order valence-electron chi connectivity index (χ0n) is 12.9. The predicted molar refractivity (Wildman–Crippen MR) is 90.4 cm³/mol. The van der Waals surface area contributed by atoms with Gasteiger partial charge in [-0.1, -0.05) is 6.92 Å². The molecule has 1 atom stereocenters. The van der Waals surface area contributed by atoms with Crippen molar-refractivity contribution in [2.45, 2.75) is 25.8 Å². The van der Waals surface area contributed by atoms with Crippen LogP contribution >= 0.6 is 12.2 Å². The van der Waals surface area contributed by atoms with Gasteiger partial charge in [-0.25, -0.2) is 4.90 Å². The molecule has 0 bridgehead atoms. The molecule has 0 aromatic heterocycles. The predicted octanol–water partition coefficient (Wildman–Crippen LogP) is 1.30. The van der Waals surface area contributed by atoms with Crippen LogP contribution in [0.1, 0.15) is 19.8 Å². The number of imide groups is 1. The van der Waals surface area contributed by atoms with E-state index in [1.165, 1.54) is 4.90 Å². The molecular formula is C16H19N3O3S. The van der Waals surface area contributed by atoms with Crippen molar-refractivity contribution in [3.8, 4) is 5.75 Å². The topological polar surface area (TPSA) is 61.9 Å². The number of amides is 2. The maximum absolute atomic E-state index is 12.7. The molecule has 122 valence electrons. The van der Waals surface area contributed by atoms with Crippen LogP contribution in [0.15, 0.2) is 24.3 Å². The van der Waals surface area contributed by atoms with Crippen LogP contribution in [0, 0.1) is 0 Å². The molecule has 23 heavy (non-hydrogen) atoms. The summed E-state index contributed by atoms with van der Waals surface area (Å²) in [4.78, 5) is 28.0. The van der Waals surface area contributed by atoms with Gasteiger partial charge in [0.05, 0.1) is 18.7 Å². The maximum Gasteiger partial charge on any atom is 0.257 e. The van der Waals surface area contributed by atoms with Crippen LogP contribution in [0.4, 0.5) is 5.69 Å². The summed E-state index contributed by atoms with van der Waals surface area (Å²) in [7, 11) is 0. The van der Waals surface area contributed by atoms with Crippen LogP contribution in [0.3, 0.4) is 0 Å². The lowest BCUT2D eigenvalue weighted by Crippen LogP contribution is -2.43. The van der Waals surface area contributed by atoms with E-state index in [1.54, 1.807) is 29.2 Å². The monoisotopic (exact) mass is 333 g/mol. The molecule has 1 N–H and O–H groups in total. The van der Waals surface area contributed by atoms with Gasteiger partial charge in [0.15, 0.2) is 5.11 Å². The molecule has 2 saturated heterocycles. The van der Waals surface area contributed by atoms with E-state index in [-0.39, 0.29) is 18.2 Å². The third-order valence-electron chi connectivity index (χ3n) is 3.96. The summed E-state index contributed by atoms with van der Waals surface area (Å²) in [6.45, 7) is 4.04. The molecule has 2 heterocycles. The summed E-state index contributed by atoms with van der Waals surface area (Å²) in [5, 5.41) is 3.57. The van der Waals surface area contributed by atoms with E-state index < -0.39 is 6.04 Å². The highest BCUT2D eigenvalue weighted by atomic mass is 32.1. The van der Waals surface area contributed by atoms with E-state index in [1.807, 2.05) is 6.92 Å². The molecule has 1 aromatic carbocycles. The fourth-order valence-electron chi connectivity index (χ4n) is 2.83. The molecule has 2 amide bonds. The van der Waals surface area contributed by atoms with Gasteiger partial charge < -0.3 is 15.0 Å². The first-order chi connectivity index (χ1) is 11.1. The first-order valence-corrected chi connectivity index (χ1v) is 8.16. The molecule has 0 saturated carbocycles. The van der Waals surface area contributed by atoms with Crippen molar-refractivity contribution >= 4 is 34.8 Å². The van der Waals surface area contributed by atoms with Gasteiger partial charge in [-0.3, -0.25) is 9.59 Å². The van der Waals surface area contributed by atoms with Crippen LogP contribution in [0.5, 0.6) is 5.75 Å².